The molecule has 1 aliphatic carbocycles. The molecule has 11 nitrogen and oxygen atoms in total. The molecule has 192 valence electrons. The summed E-state index contributed by atoms with van der Waals surface area (Å²) in [5, 5.41) is 7.70. The molecule has 11 heteroatoms. The van der Waals surface area contributed by atoms with Gasteiger partial charge in [-0.3, -0.25) is 9.59 Å². The van der Waals surface area contributed by atoms with Crippen molar-refractivity contribution < 1.29 is 14.3 Å². The molecule has 0 radical (unpaired) electrons. The first-order valence-electron chi connectivity index (χ1n) is 12.2. The first-order valence-corrected chi connectivity index (χ1v) is 12.2. The van der Waals surface area contributed by atoms with Crippen molar-refractivity contribution in [1.82, 2.24) is 29.2 Å². The van der Waals surface area contributed by atoms with Crippen molar-refractivity contribution in [2.75, 3.05) is 32.6 Å². The number of carbonyl (C=O) groups excluding carboxylic acids is 2. The third kappa shape index (κ3) is 4.44. The highest BCUT2D eigenvalue weighted by Gasteiger charge is 2.38. The number of anilines is 1. The molecular formula is C26H30N8O3. The topological polar surface area (TPSA) is 133 Å². The molecule has 2 aliphatic rings. The highest BCUT2D eigenvalue weighted by Crippen LogP contribution is 2.40. The maximum atomic E-state index is 12.4. The molecule has 2 fully saturated rings. The number of primary amides is 1. The summed E-state index contributed by atoms with van der Waals surface area (Å²) in [6.45, 7) is 4.38. The van der Waals surface area contributed by atoms with E-state index < -0.39 is 5.91 Å². The van der Waals surface area contributed by atoms with Crippen LogP contribution in [-0.2, 0) is 16.6 Å². The molecule has 1 saturated heterocycles. The Labute approximate surface area is 214 Å². The van der Waals surface area contributed by atoms with Gasteiger partial charge in [0.05, 0.1) is 35.9 Å². The minimum absolute atomic E-state index is 0.143. The summed E-state index contributed by atoms with van der Waals surface area (Å²) in [5.41, 5.74) is 8.50. The van der Waals surface area contributed by atoms with E-state index in [9.17, 15) is 9.59 Å². The number of ether oxygens (including phenoxy) is 1. The number of rotatable bonds is 7. The van der Waals surface area contributed by atoms with Gasteiger partial charge in [0.1, 0.15) is 22.9 Å². The average molecular weight is 503 g/mol. The molecule has 3 N–H and O–H groups in total. The smallest absolute Gasteiger partial charge is 0.255 e. The van der Waals surface area contributed by atoms with E-state index in [2.05, 4.69) is 38.4 Å². The minimum atomic E-state index is -0.646. The lowest BCUT2D eigenvalue weighted by Crippen LogP contribution is -2.37. The second-order valence-corrected chi connectivity index (χ2v) is 9.44. The lowest BCUT2D eigenvalue weighted by atomic mass is 10.1. The van der Waals surface area contributed by atoms with Gasteiger partial charge in [0.25, 0.3) is 5.91 Å². The van der Waals surface area contributed by atoms with Crippen molar-refractivity contribution in [2.45, 2.75) is 37.3 Å². The predicted octanol–water partition coefficient (Wildman–Crippen LogP) is 1.56. The Morgan fingerprint density at radius 2 is 2.14 bits per heavy atom. The molecule has 0 bridgehead atoms. The number of aryl methyl sites for hydroxylation is 1. The van der Waals surface area contributed by atoms with Crippen molar-refractivity contribution in [2.24, 2.45) is 12.8 Å². The normalized spacial score (nSPS) is 19.1. The molecule has 3 aromatic heterocycles. The van der Waals surface area contributed by atoms with Gasteiger partial charge in [-0.05, 0) is 37.2 Å². The zero-order valence-corrected chi connectivity index (χ0v) is 21.2. The summed E-state index contributed by atoms with van der Waals surface area (Å²) in [7, 11) is 5.29. The number of nitrogens with two attached hydrogens (primary N) is 1. The Balaban J connectivity index is 1.50. The fourth-order valence-corrected chi connectivity index (χ4v) is 5.07. The van der Waals surface area contributed by atoms with Gasteiger partial charge in [0.15, 0.2) is 5.69 Å². The minimum Gasteiger partial charge on any atom is -0.383 e. The van der Waals surface area contributed by atoms with E-state index >= 15 is 0 Å². The number of carbonyl (C=O) groups is 2. The first-order chi connectivity index (χ1) is 17.9. The number of nitrogens with one attached hydrogen (secondary N) is 1. The van der Waals surface area contributed by atoms with E-state index in [0.717, 1.165) is 29.7 Å². The standard InChI is InChI=1S/C26H30N8O3/c1-5-22(35)33-13-17(11-18(33)14-37-4)34-26(28-2)23(24(27)36)19(31-34)9-8-16-10-20-21(12-29-16)32(3)25(30-20)15-6-7-15/h5,10,12,15,17-18,28H,1,6-7,11,13-14H2,2-4H3,(H2,27,36)/t17?,18-/m1/s1. The van der Waals surface area contributed by atoms with Crippen molar-refractivity contribution in [3.8, 4) is 11.8 Å². The molecule has 1 saturated carbocycles. The molecular weight excluding hydrogens is 472 g/mol. The summed E-state index contributed by atoms with van der Waals surface area (Å²) in [6.07, 6.45) is 5.98. The largest absolute Gasteiger partial charge is 0.383 e. The van der Waals surface area contributed by atoms with E-state index in [4.69, 9.17) is 15.5 Å². The van der Waals surface area contributed by atoms with Crippen LogP contribution in [0.15, 0.2) is 24.9 Å². The highest BCUT2D eigenvalue weighted by molar-refractivity contribution is 6.00. The fraction of sp³-hybridized carbons (Fsp3) is 0.423. The molecule has 4 heterocycles. The zero-order valence-electron chi connectivity index (χ0n) is 21.2. The second-order valence-electron chi connectivity index (χ2n) is 9.44. The van der Waals surface area contributed by atoms with E-state index in [1.54, 1.807) is 29.9 Å². The summed E-state index contributed by atoms with van der Waals surface area (Å²) >= 11 is 0. The van der Waals surface area contributed by atoms with Crippen LogP contribution in [0.2, 0.25) is 0 Å². The van der Waals surface area contributed by atoms with Gasteiger partial charge in [0.2, 0.25) is 5.91 Å². The third-order valence-electron chi connectivity index (χ3n) is 7.00. The number of imidazole rings is 1. The van der Waals surface area contributed by atoms with Crippen molar-refractivity contribution in [1.29, 1.82) is 0 Å². The van der Waals surface area contributed by atoms with Crippen LogP contribution in [0.1, 0.15) is 58.8 Å². The Morgan fingerprint density at radius 3 is 2.78 bits per heavy atom. The Morgan fingerprint density at radius 1 is 1.35 bits per heavy atom. The number of pyridine rings is 1. The van der Waals surface area contributed by atoms with Crippen LogP contribution in [0.4, 0.5) is 5.82 Å². The van der Waals surface area contributed by atoms with Crippen LogP contribution < -0.4 is 11.1 Å². The maximum Gasteiger partial charge on any atom is 0.255 e. The third-order valence-corrected chi connectivity index (χ3v) is 7.00. The van der Waals surface area contributed by atoms with Crippen molar-refractivity contribution in [3.05, 3.63) is 47.7 Å². The van der Waals surface area contributed by atoms with E-state index in [1.807, 2.05) is 13.1 Å². The van der Waals surface area contributed by atoms with Gasteiger partial charge in [-0.1, -0.05) is 6.58 Å². The Bertz CT molecular complexity index is 1460. The van der Waals surface area contributed by atoms with Crippen molar-refractivity contribution >= 4 is 28.7 Å². The monoisotopic (exact) mass is 502 g/mol. The number of methoxy groups -OCH3 is 1. The van der Waals surface area contributed by atoms with Crippen LogP contribution in [-0.4, -0.2) is 74.4 Å². The summed E-state index contributed by atoms with van der Waals surface area (Å²) in [6, 6.07) is 1.50. The summed E-state index contributed by atoms with van der Waals surface area (Å²) in [4.78, 5) is 35.8. The van der Waals surface area contributed by atoms with E-state index in [-0.39, 0.29) is 29.2 Å². The average Bonchev–Trinajstić information content (AvgIpc) is 3.41. The fourth-order valence-electron chi connectivity index (χ4n) is 5.07. The van der Waals surface area contributed by atoms with Crippen molar-refractivity contribution in [3.63, 3.8) is 0 Å². The van der Waals surface area contributed by atoms with Crippen LogP contribution in [0.5, 0.6) is 0 Å². The lowest BCUT2D eigenvalue weighted by molar-refractivity contribution is -0.127. The number of aromatic nitrogens is 5. The van der Waals surface area contributed by atoms with Gasteiger partial charge < -0.3 is 25.3 Å². The molecule has 37 heavy (non-hydrogen) atoms. The number of hydrogen-bond donors (Lipinski definition) is 2. The number of hydrogen-bond acceptors (Lipinski definition) is 7. The number of fused-ring (bicyclic) bond motifs is 1. The molecule has 0 aromatic carbocycles. The zero-order chi connectivity index (χ0) is 26.3. The number of amides is 2. The molecule has 1 aliphatic heterocycles. The number of nitrogens with zero attached hydrogens (tertiary/aromatic N) is 6. The Hall–Kier alpha value is -4.17. The van der Waals surface area contributed by atoms with Crippen LogP contribution in [0.3, 0.4) is 0 Å². The molecule has 2 atom stereocenters. The van der Waals surface area contributed by atoms with Gasteiger partial charge in [-0.15, -0.1) is 0 Å². The lowest BCUT2D eigenvalue weighted by Gasteiger charge is -2.22. The summed E-state index contributed by atoms with van der Waals surface area (Å²) in [5.74, 6) is 7.23. The molecule has 1 unspecified atom stereocenters. The highest BCUT2D eigenvalue weighted by atomic mass is 16.5. The predicted molar refractivity (Wildman–Crippen MR) is 138 cm³/mol. The van der Waals surface area contributed by atoms with E-state index in [0.29, 0.717) is 37.0 Å². The first kappa shape index (κ1) is 24.5. The molecule has 0 spiro atoms. The van der Waals surface area contributed by atoms with Gasteiger partial charge in [-0.25, -0.2) is 14.6 Å². The van der Waals surface area contributed by atoms with Crippen LogP contribution in [0.25, 0.3) is 11.0 Å². The van der Waals surface area contributed by atoms with Gasteiger partial charge in [0, 0.05) is 39.7 Å². The number of likely N-dealkylation sites (tertiary alicyclic amines) is 1. The summed E-state index contributed by atoms with van der Waals surface area (Å²) < 4.78 is 9.10. The second kappa shape index (κ2) is 9.71. The SMILES string of the molecule is C=CC(=O)N1CC(n2nc(C#Cc3cc4nc(C5CC5)n(C)c4cn3)c(C(N)=O)c2NC)C[C@@H]1COC. The van der Waals surface area contributed by atoms with E-state index in [1.165, 1.54) is 6.08 Å². The molecule has 5 rings (SSSR count). The Kier molecular flexibility index (Phi) is 6.43. The van der Waals surface area contributed by atoms with Gasteiger partial charge >= 0.3 is 0 Å². The van der Waals surface area contributed by atoms with Gasteiger partial charge in [-0.2, -0.15) is 5.10 Å². The molecule has 3 aromatic rings. The molecule has 2 amide bonds. The maximum absolute atomic E-state index is 12.4. The van der Waals surface area contributed by atoms with Crippen LogP contribution in [0, 0.1) is 11.8 Å². The van der Waals surface area contributed by atoms with Crippen LogP contribution >= 0.6 is 0 Å². The quantitative estimate of drug-likeness (QED) is 0.370.